The van der Waals surface area contributed by atoms with Crippen molar-refractivity contribution < 1.29 is 0 Å². The fourth-order valence-electron chi connectivity index (χ4n) is 9.94. The summed E-state index contributed by atoms with van der Waals surface area (Å²) in [5.74, 6) is 7.33. The van der Waals surface area contributed by atoms with Crippen LogP contribution in [0.4, 0.5) is 11.4 Å². The lowest BCUT2D eigenvalue weighted by Gasteiger charge is -2.13. The molecule has 0 radical (unpaired) electrons. The van der Waals surface area contributed by atoms with Gasteiger partial charge in [0.1, 0.15) is 5.71 Å². The Labute approximate surface area is 425 Å². The van der Waals surface area contributed by atoms with Gasteiger partial charge in [-0.2, -0.15) is 0 Å². The summed E-state index contributed by atoms with van der Waals surface area (Å²) in [6.07, 6.45) is 57.9. The minimum absolute atomic E-state index is 0.896. The first-order chi connectivity index (χ1) is 33.6. The van der Waals surface area contributed by atoms with Crippen LogP contribution in [-0.4, -0.2) is 11.4 Å². The zero-order valence-corrected chi connectivity index (χ0v) is 46.5. The Morgan fingerprint density at radius 1 is 0.324 bits per heavy atom. The molecule has 2 rings (SSSR count). The molecule has 2 nitrogen and oxygen atoms in total. The van der Waals surface area contributed by atoms with Crippen molar-refractivity contribution in [2.75, 3.05) is 0 Å². The maximum absolute atomic E-state index is 5.50. The van der Waals surface area contributed by atoms with Crippen LogP contribution in [0.5, 0.6) is 0 Å². The molecule has 0 amide bonds. The molecule has 0 N–H and O–H groups in total. The number of rotatable bonds is 46. The summed E-state index contributed by atoms with van der Waals surface area (Å²) in [4.78, 5) is 11.0. The van der Waals surface area contributed by atoms with E-state index < -0.39 is 0 Å². The third-order valence-corrected chi connectivity index (χ3v) is 14.5. The van der Waals surface area contributed by atoms with Crippen LogP contribution in [-0.2, 0) is 25.7 Å². The first-order valence-corrected chi connectivity index (χ1v) is 30.5. The summed E-state index contributed by atoms with van der Waals surface area (Å²) in [7, 11) is 0. The van der Waals surface area contributed by atoms with Crippen molar-refractivity contribution in [3.8, 4) is 11.8 Å². The van der Waals surface area contributed by atoms with E-state index in [4.69, 9.17) is 9.98 Å². The highest BCUT2D eigenvalue weighted by molar-refractivity contribution is 6.49. The van der Waals surface area contributed by atoms with E-state index in [-0.39, 0.29) is 0 Å². The molecule has 0 aromatic heterocycles. The van der Waals surface area contributed by atoms with Gasteiger partial charge in [-0.25, -0.2) is 4.99 Å². The van der Waals surface area contributed by atoms with Crippen molar-refractivity contribution in [2.45, 2.75) is 324 Å². The summed E-state index contributed by atoms with van der Waals surface area (Å²) in [5.41, 5.74) is 10.2. The highest BCUT2D eigenvalue weighted by atomic mass is 14.8. The molecule has 0 unspecified atom stereocenters. The van der Waals surface area contributed by atoms with Gasteiger partial charge in [0.05, 0.1) is 17.1 Å². The Morgan fingerprint density at radius 3 is 1.01 bits per heavy atom. The zero-order chi connectivity index (χ0) is 48.8. The molecule has 0 heterocycles. The van der Waals surface area contributed by atoms with Gasteiger partial charge in [0.15, 0.2) is 0 Å². The molecule has 0 saturated carbocycles. The molecule has 0 aliphatic carbocycles. The van der Waals surface area contributed by atoms with E-state index in [0.717, 1.165) is 54.9 Å². The van der Waals surface area contributed by atoms with Gasteiger partial charge < -0.3 is 0 Å². The van der Waals surface area contributed by atoms with E-state index in [0.29, 0.717) is 0 Å². The summed E-state index contributed by atoms with van der Waals surface area (Å²) >= 11 is 0. The Hall–Kier alpha value is -2.66. The van der Waals surface area contributed by atoms with Crippen molar-refractivity contribution in [3.63, 3.8) is 0 Å². The average molecular weight is 934 g/mol. The van der Waals surface area contributed by atoms with E-state index in [9.17, 15) is 0 Å². The number of aryl methyl sites for hydroxylation is 4. The van der Waals surface area contributed by atoms with Gasteiger partial charge in [-0.3, -0.25) is 4.99 Å². The van der Waals surface area contributed by atoms with Crippen molar-refractivity contribution in [1.82, 2.24) is 0 Å². The lowest BCUT2D eigenvalue weighted by molar-refractivity contribution is 0.518. The van der Waals surface area contributed by atoms with Gasteiger partial charge in [-0.15, -0.1) is 0 Å². The SMILES string of the molecule is CCCCCCCCCCCCCCCCCCCCCCCCCC#CC(=Nc1ccc(CCCCC)c(CCCCC)c1)C(CCCCC)=Nc1ccc(CCCCC)c(CCCCC)c1. The van der Waals surface area contributed by atoms with Crippen LogP contribution in [0.15, 0.2) is 46.4 Å². The zero-order valence-electron chi connectivity index (χ0n) is 46.5. The Bertz CT molecular complexity index is 1580. The van der Waals surface area contributed by atoms with Crippen LogP contribution in [0.25, 0.3) is 0 Å². The molecule has 0 spiro atoms. The smallest absolute Gasteiger partial charge is 0.135 e. The normalized spacial score (nSPS) is 12.0. The Kier molecular flexibility index (Phi) is 41.1. The van der Waals surface area contributed by atoms with E-state index >= 15 is 0 Å². The number of unbranched alkanes of at least 4 members (excludes halogenated alkanes) is 33. The highest BCUT2D eigenvalue weighted by Gasteiger charge is 2.12. The molecule has 0 fully saturated rings. The van der Waals surface area contributed by atoms with Crippen molar-refractivity contribution in [2.24, 2.45) is 9.98 Å². The maximum Gasteiger partial charge on any atom is 0.135 e. The summed E-state index contributed by atoms with van der Waals surface area (Å²) in [5, 5.41) is 0. The molecule has 2 heteroatoms. The van der Waals surface area contributed by atoms with Gasteiger partial charge in [0.2, 0.25) is 0 Å². The number of nitrogens with zero attached hydrogens (tertiary/aromatic N) is 2. The topological polar surface area (TPSA) is 24.7 Å². The molecule has 2 aromatic carbocycles. The van der Waals surface area contributed by atoms with E-state index in [1.165, 1.54) is 273 Å². The molecular formula is C66H112N2. The monoisotopic (exact) mass is 933 g/mol. The van der Waals surface area contributed by atoms with E-state index in [1.807, 2.05) is 0 Å². The Morgan fingerprint density at radius 2 is 0.632 bits per heavy atom. The van der Waals surface area contributed by atoms with Crippen LogP contribution in [0.2, 0.25) is 0 Å². The predicted molar refractivity (Wildman–Crippen MR) is 308 cm³/mol. The van der Waals surface area contributed by atoms with Gasteiger partial charge in [0, 0.05) is 6.42 Å². The molecule has 386 valence electrons. The van der Waals surface area contributed by atoms with Gasteiger partial charge in [-0.05, 0) is 123 Å². The fourth-order valence-corrected chi connectivity index (χ4v) is 9.94. The number of aliphatic imine (C=N–C) groups is 2. The fraction of sp³-hybridized carbons (Fsp3) is 0.758. The lowest BCUT2D eigenvalue weighted by Crippen LogP contribution is -2.12. The maximum atomic E-state index is 5.50. The van der Waals surface area contributed by atoms with Crippen LogP contribution in [0, 0.1) is 11.8 Å². The molecule has 0 bridgehead atoms. The molecule has 68 heavy (non-hydrogen) atoms. The van der Waals surface area contributed by atoms with Crippen molar-refractivity contribution in [3.05, 3.63) is 58.7 Å². The quantitative estimate of drug-likeness (QED) is 0.0359. The highest BCUT2D eigenvalue weighted by Crippen LogP contribution is 2.27. The van der Waals surface area contributed by atoms with Gasteiger partial charge in [0.25, 0.3) is 0 Å². The lowest BCUT2D eigenvalue weighted by atomic mass is 9.96. The second-order valence-corrected chi connectivity index (χ2v) is 21.0. The van der Waals surface area contributed by atoms with Crippen molar-refractivity contribution >= 4 is 22.8 Å². The van der Waals surface area contributed by atoms with E-state index in [1.54, 1.807) is 0 Å². The first kappa shape index (κ1) is 61.5. The standard InChI is InChI=1S/C66H112N2/c1-7-13-19-20-21-22-23-24-25-26-27-28-29-30-31-32-33-34-35-36-37-38-39-40-46-52-66(68-64-56-54-60(48-42-15-9-3)62(58-64)50-44-17-11-5)65(51-45-18-12-6)67-63-55-53-59(47-41-14-8-2)61(57-63)49-43-16-10-4/h53-58H,7-45,47-51H2,1-6H3. The largest absolute Gasteiger partial charge is 0.251 e. The van der Waals surface area contributed by atoms with Crippen LogP contribution in [0.3, 0.4) is 0 Å². The summed E-state index contributed by atoms with van der Waals surface area (Å²) < 4.78 is 0. The minimum Gasteiger partial charge on any atom is -0.251 e. The number of hydrogen-bond acceptors (Lipinski definition) is 2. The summed E-state index contributed by atoms with van der Waals surface area (Å²) in [6.45, 7) is 13.8. The van der Waals surface area contributed by atoms with Gasteiger partial charge >= 0.3 is 0 Å². The number of hydrogen-bond donors (Lipinski definition) is 0. The molecule has 0 atom stereocenters. The molecule has 2 aromatic rings. The van der Waals surface area contributed by atoms with Crippen LogP contribution < -0.4 is 0 Å². The second kappa shape index (κ2) is 45.5. The van der Waals surface area contributed by atoms with Gasteiger partial charge in [-0.1, -0.05) is 265 Å². The Balaban J connectivity index is 2.05. The second-order valence-electron chi connectivity index (χ2n) is 21.0. The molecular weight excluding hydrogens is 821 g/mol. The minimum atomic E-state index is 0.896. The number of benzene rings is 2. The summed E-state index contributed by atoms with van der Waals surface area (Å²) in [6, 6.07) is 14.2. The van der Waals surface area contributed by atoms with Crippen LogP contribution >= 0.6 is 0 Å². The molecule has 0 aliphatic heterocycles. The molecule has 0 aliphatic rings. The van der Waals surface area contributed by atoms with E-state index in [2.05, 4.69) is 89.8 Å². The van der Waals surface area contributed by atoms with Crippen LogP contribution in [0.1, 0.15) is 321 Å². The average Bonchev–Trinajstić information content (AvgIpc) is 3.34. The third-order valence-electron chi connectivity index (χ3n) is 14.5. The molecule has 0 saturated heterocycles. The predicted octanol–water partition coefficient (Wildman–Crippen LogP) is 22.4. The first-order valence-electron chi connectivity index (χ1n) is 30.5. The third kappa shape index (κ3) is 32.3. The van der Waals surface area contributed by atoms with Crippen molar-refractivity contribution in [1.29, 1.82) is 0 Å².